The van der Waals surface area contributed by atoms with E-state index in [1.165, 1.54) is 0 Å². The number of carbonyl (C=O) groups excluding carboxylic acids is 3. The predicted molar refractivity (Wildman–Crippen MR) is 126 cm³/mol. The van der Waals surface area contributed by atoms with Gasteiger partial charge in [-0.05, 0) is 61.0 Å². The highest BCUT2D eigenvalue weighted by Crippen LogP contribution is 2.26. The van der Waals surface area contributed by atoms with Gasteiger partial charge in [0.15, 0.2) is 0 Å². The van der Waals surface area contributed by atoms with Crippen LogP contribution in [0, 0.1) is 12.8 Å². The minimum Gasteiger partial charge on any atom is -0.326 e. The fourth-order valence-corrected chi connectivity index (χ4v) is 3.74. The molecule has 162 valence electrons. The van der Waals surface area contributed by atoms with E-state index in [1.807, 2.05) is 43.3 Å². The molecule has 3 amide bonds. The summed E-state index contributed by atoms with van der Waals surface area (Å²) in [5.74, 6) is -0.998. The van der Waals surface area contributed by atoms with Crippen molar-refractivity contribution in [3.63, 3.8) is 0 Å². The fraction of sp³-hybridized carbons (Fsp3) is 0.160. The number of rotatable bonds is 5. The molecule has 0 spiro atoms. The summed E-state index contributed by atoms with van der Waals surface area (Å²) in [7, 11) is 0. The van der Waals surface area contributed by atoms with Crippen molar-refractivity contribution in [2.75, 3.05) is 22.1 Å². The van der Waals surface area contributed by atoms with Crippen molar-refractivity contribution in [1.82, 2.24) is 0 Å². The minimum atomic E-state index is -0.433. The average molecular weight is 448 g/mol. The standard InChI is InChI=1S/C25H22ClN3O3/c1-16-7-10-20(14-22(16)26)28-24(31)17-8-11-19(12-9-17)27-25(32)18-13-23(30)29(15-18)21-5-3-2-4-6-21/h2-12,14,18H,13,15H2,1H3,(H,27,32)(H,28,31). The minimum absolute atomic E-state index is 0.0698. The molecule has 0 aliphatic carbocycles. The molecule has 32 heavy (non-hydrogen) atoms. The molecule has 1 fully saturated rings. The summed E-state index contributed by atoms with van der Waals surface area (Å²) >= 11 is 6.10. The van der Waals surface area contributed by atoms with E-state index >= 15 is 0 Å². The lowest BCUT2D eigenvalue weighted by molar-refractivity contribution is -0.122. The molecule has 3 aromatic carbocycles. The number of anilines is 3. The molecular formula is C25H22ClN3O3. The Labute approximate surface area is 191 Å². The van der Waals surface area contributed by atoms with Crippen molar-refractivity contribution in [2.45, 2.75) is 13.3 Å². The normalized spacial score (nSPS) is 15.5. The molecule has 1 aliphatic heterocycles. The zero-order chi connectivity index (χ0) is 22.7. The van der Waals surface area contributed by atoms with Crippen molar-refractivity contribution in [3.8, 4) is 0 Å². The van der Waals surface area contributed by atoms with Gasteiger partial charge in [0.05, 0.1) is 5.92 Å². The molecule has 1 atom stereocenters. The van der Waals surface area contributed by atoms with Crippen molar-refractivity contribution in [1.29, 1.82) is 0 Å². The highest BCUT2D eigenvalue weighted by Gasteiger charge is 2.35. The number of para-hydroxylation sites is 1. The predicted octanol–water partition coefficient (Wildman–Crippen LogP) is 4.89. The Morgan fingerprint density at radius 1 is 0.938 bits per heavy atom. The molecule has 0 bridgehead atoms. The second-order valence-electron chi connectivity index (χ2n) is 7.73. The van der Waals surface area contributed by atoms with Crippen LogP contribution in [-0.4, -0.2) is 24.3 Å². The molecule has 3 aromatic rings. The van der Waals surface area contributed by atoms with Gasteiger partial charge < -0.3 is 15.5 Å². The van der Waals surface area contributed by atoms with Crippen molar-refractivity contribution in [2.24, 2.45) is 5.92 Å². The average Bonchev–Trinajstić information content (AvgIpc) is 3.19. The van der Waals surface area contributed by atoms with E-state index in [0.717, 1.165) is 11.3 Å². The van der Waals surface area contributed by atoms with Gasteiger partial charge in [-0.3, -0.25) is 14.4 Å². The lowest BCUT2D eigenvalue weighted by Crippen LogP contribution is -2.28. The number of carbonyl (C=O) groups is 3. The largest absolute Gasteiger partial charge is 0.326 e. The van der Waals surface area contributed by atoms with Gasteiger partial charge in [0.1, 0.15) is 0 Å². The molecule has 2 N–H and O–H groups in total. The quantitative estimate of drug-likeness (QED) is 0.584. The van der Waals surface area contributed by atoms with Crippen molar-refractivity contribution < 1.29 is 14.4 Å². The molecule has 4 rings (SSSR count). The zero-order valence-electron chi connectivity index (χ0n) is 17.5. The van der Waals surface area contributed by atoms with Gasteiger partial charge in [0, 0.05) is 40.6 Å². The van der Waals surface area contributed by atoms with Crippen LogP contribution in [-0.2, 0) is 9.59 Å². The summed E-state index contributed by atoms with van der Waals surface area (Å²) in [6.07, 6.45) is 0.167. The molecule has 0 aromatic heterocycles. The second-order valence-corrected chi connectivity index (χ2v) is 8.13. The maximum absolute atomic E-state index is 12.7. The molecule has 7 heteroatoms. The SMILES string of the molecule is Cc1ccc(NC(=O)c2ccc(NC(=O)C3CC(=O)N(c4ccccc4)C3)cc2)cc1Cl. The third-order valence-corrected chi connectivity index (χ3v) is 5.82. The van der Waals surface area contributed by atoms with E-state index in [2.05, 4.69) is 10.6 Å². The first-order valence-electron chi connectivity index (χ1n) is 10.2. The Hall–Kier alpha value is -3.64. The van der Waals surface area contributed by atoms with Crippen LogP contribution in [0.4, 0.5) is 17.1 Å². The fourth-order valence-electron chi connectivity index (χ4n) is 3.56. The summed E-state index contributed by atoms with van der Waals surface area (Å²) in [6, 6.07) is 21.2. The summed E-state index contributed by atoms with van der Waals surface area (Å²) in [6.45, 7) is 2.23. The molecular weight excluding hydrogens is 426 g/mol. The number of benzene rings is 3. The molecule has 1 unspecified atom stereocenters. The number of nitrogens with zero attached hydrogens (tertiary/aromatic N) is 1. The third kappa shape index (κ3) is 4.81. The van der Waals surface area contributed by atoms with E-state index in [4.69, 9.17) is 11.6 Å². The topological polar surface area (TPSA) is 78.5 Å². The Kier molecular flexibility index (Phi) is 6.23. The first-order valence-corrected chi connectivity index (χ1v) is 10.6. The van der Waals surface area contributed by atoms with Crippen LogP contribution in [0.2, 0.25) is 5.02 Å². The number of hydrogen-bond donors (Lipinski definition) is 2. The highest BCUT2D eigenvalue weighted by atomic mass is 35.5. The lowest BCUT2D eigenvalue weighted by atomic mass is 10.1. The van der Waals surface area contributed by atoms with Crippen LogP contribution in [0.3, 0.4) is 0 Å². The molecule has 1 saturated heterocycles. The maximum atomic E-state index is 12.7. The first kappa shape index (κ1) is 21.6. The third-order valence-electron chi connectivity index (χ3n) is 5.41. The van der Waals surface area contributed by atoms with Crippen LogP contribution >= 0.6 is 11.6 Å². The zero-order valence-corrected chi connectivity index (χ0v) is 18.2. The number of halogens is 1. The first-order chi connectivity index (χ1) is 15.4. The van der Waals surface area contributed by atoms with Crippen molar-refractivity contribution >= 4 is 46.4 Å². The number of aryl methyl sites for hydroxylation is 1. The van der Waals surface area contributed by atoms with Crippen LogP contribution in [0.1, 0.15) is 22.3 Å². The Morgan fingerprint density at radius 2 is 1.62 bits per heavy atom. The van der Waals surface area contributed by atoms with E-state index in [-0.39, 0.29) is 24.1 Å². The molecule has 1 heterocycles. The van der Waals surface area contributed by atoms with Crippen LogP contribution in [0.25, 0.3) is 0 Å². The molecule has 0 saturated carbocycles. The van der Waals surface area contributed by atoms with Gasteiger partial charge in [-0.2, -0.15) is 0 Å². The highest BCUT2D eigenvalue weighted by molar-refractivity contribution is 6.31. The molecule has 0 radical (unpaired) electrons. The Bertz CT molecular complexity index is 1160. The van der Waals surface area contributed by atoms with Gasteiger partial charge in [-0.25, -0.2) is 0 Å². The maximum Gasteiger partial charge on any atom is 0.255 e. The second kappa shape index (κ2) is 9.24. The molecule has 6 nitrogen and oxygen atoms in total. The van der Waals surface area contributed by atoms with E-state index < -0.39 is 5.92 Å². The summed E-state index contributed by atoms with van der Waals surface area (Å²) in [5.41, 5.74) is 3.34. The van der Waals surface area contributed by atoms with E-state index in [0.29, 0.717) is 28.5 Å². The van der Waals surface area contributed by atoms with Gasteiger partial charge in [-0.15, -0.1) is 0 Å². The van der Waals surface area contributed by atoms with Gasteiger partial charge >= 0.3 is 0 Å². The van der Waals surface area contributed by atoms with Gasteiger partial charge in [0.2, 0.25) is 11.8 Å². The Morgan fingerprint density at radius 3 is 2.31 bits per heavy atom. The van der Waals surface area contributed by atoms with Gasteiger partial charge in [-0.1, -0.05) is 35.9 Å². The smallest absolute Gasteiger partial charge is 0.255 e. The number of amides is 3. The summed E-state index contributed by atoms with van der Waals surface area (Å²) < 4.78 is 0. The summed E-state index contributed by atoms with van der Waals surface area (Å²) in [4.78, 5) is 39.1. The lowest BCUT2D eigenvalue weighted by Gasteiger charge is -2.16. The van der Waals surface area contributed by atoms with Gasteiger partial charge in [0.25, 0.3) is 5.91 Å². The number of nitrogens with one attached hydrogen (secondary N) is 2. The summed E-state index contributed by atoms with van der Waals surface area (Å²) in [5, 5.41) is 6.22. The monoisotopic (exact) mass is 447 g/mol. The van der Waals surface area contributed by atoms with Crippen LogP contribution < -0.4 is 15.5 Å². The van der Waals surface area contributed by atoms with E-state index in [1.54, 1.807) is 41.3 Å². The number of hydrogen-bond acceptors (Lipinski definition) is 3. The molecule has 1 aliphatic rings. The Balaban J connectivity index is 1.36. The van der Waals surface area contributed by atoms with Crippen molar-refractivity contribution in [3.05, 3.63) is 88.9 Å². The van der Waals surface area contributed by atoms with E-state index in [9.17, 15) is 14.4 Å². The van der Waals surface area contributed by atoms with Crippen LogP contribution in [0.15, 0.2) is 72.8 Å². The van der Waals surface area contributed by atoms with Crippen LogP contribution in [0.5, 0.6) is 0 Å².